The summed E-state index contributed by atoms with van der Waals surface area (Å²) in [5.41, 5.74) is 6.96. The number of hydrogen-bond acceptors (Lipinski definition) is 6. The molecule has 0 saturated heterocycles. The second-order valence-corrected chi connectivity index (χ2v) is 7.59. The van der Waals surface area contributed by atoms with E-state index in [1.165, 1.54) is 18.2 Å². The number of anilines is 2. The summed E-state index contributed by atoms with van der Waals surface area (Å²) in [6.07, 6.45) is 0. The largest absolute Gasteiger partial charge is 0.492 e. The minimum absolute atomic E-state index is 0.0114. The number of aromatic nitrogens is 4. The van der Waals surface area contributed by atoms with E-state index in [9.17, 15) is 13.2 Å². The number of benzene rings is 3. The van der Waals surface area contributed by atoms with E-state index in [2.05, 4.69) is 20.4 Å². The van der Waals surface area contributed by atoms with Crippen LogP contribution in [0.25, 0.3) is 28.0 Å². The van der Waals surface area contributed by atoms with Crippen LogP contribution in [-0.4, -0.2) is 32.9 Å². The first kappa shape index (κ1) is 22.2. The number of nitrogens with zero attached hydrogens (tertiary/aromatic N) is 4. The Hall–Kier alpha value is -4.60. The first-order valence-electron chi connectivity index (χ1n) is 10.7. The average Bonchev–Trinajstić information content (AvgIpc) is 3.19. The highest BCUT2D eigenvalue weighted by Gasteiger charge is 2.21. The number of halogens is 3. The first-order chi connectivity index (χ1) is 17.0. The molecule has 0 aliphatic rings. The van der Waals surface area contributed by atoms with Crippen molar-refractivity contribution in [1.29, 1.82) is 0 Å². The summed E-state index contributed by atoms with van der Waals surface area (Å²) in [5, 5.41) is 7.64. The lowest BCUT2D eigenvalue weighted by Crippen LogP contribution is -2.13. The van der Waals surface area contributed by atoms with Gasteiger partial charge in [-0.1, -0.05) is 30.3 Å². The van der Waals surface area contributed by atoms with E-state index in [4.69, 9.17) is 10.5 Å². The lowest BCUT2D eigenvalue weighted by molar-refractivity contribution is 0.332. The Morgan fingerprint density at radius 2 is 1.69 bits per heavy atom. The van der Waals surface area contributed by atoms with Gasteiger partial charge < -0.3 is 15.8 Å². The second-order valence-electron chi connectivity index (χ2n) is 7.59. The molecule has 3 N–H and O–H groups in total. The zero-order valence-electron chi connectivity index (χ0n) is 18.3. The Balaban J connectivity index is 1.54. The Bertz CT molecular complexity index is 1510. The minimum atomic E-state index is -0.720. The highest BCUT2D eigenvalue weighted by molar-refractivity contribution is 5.99. The lowest BCUT2D eigenvalue weighted by Gasteiger charge is -2.10. The zero-order valence-corrected chi connectivity index (χ0v) is 18.3. The van der Waals surface area contributed by atoms with Crippen LogP contribution in [0, 0.1) is 17.5 Å². The summed E-state index contributed by atoms with van der Waals surface area (Å²) in [4.78, 5) is 8.91. The predicted molar refractivity (Wildman–Crippen MR) is 127 cm³/mol. The van der Waals surface area contributed by atoms with E-state index >= 15 is 0 Å². The van der Waals surface area contributed by atoms with E-state index in [1.54, 1.807) is 6.07 Å². The van der Waals surface area contributed by atoms with E-state index in [0.29, 0.717) is 24.4 Å². The van der Waals surface area contributed by atoms with Gasteiger partial charge in [0.1, 0.15) is 41.3 Å². The molecule has 0 bridgehead atoms. The molecule has 10 heteroatoms. The van der Waals surface area contributed by atoms with Crippen LogP contribution in [0.3, 0.4) is 0 Å². The molecular formula is C25H19F3N6O. The summed E-state index contributed by atoms with van der Waals surface area (Å²) in [5.74, 6) is -0.947. The summed E-state index contributed by atoms with van der Waals surface area (Å²) < 4.78 is 49.0. The number of para-hydroxylation sites is 1. The molecule has 176 valence electrons. The van der Waals surface area contributed by atoms with Crippen molar-refractivity contribution in [2.45, 2.75) is 0 Å². The molecule has 5 aromatic rings. The third-order valence-electron chi connectivity index (χ3n) is 5.20. The Labute approximate surface area is 198 Å². The molecule has 0 unspecified atom stereocenters. The van der Waals surface area contributed by atoms with Gasteiger partial charge in [0, 0.05) is 11.6 Å². The van der Waals surface area contributed by atoms with Crippen molar-refractivity contribution in [2.75, 3.05) is 24.2 Å². The molecule has 0 aliphatic heterocycles. The number of ether oxygens (including phenoxy) is 1. The van der Waals surface area contributed by atoms with Crippen LogP contribution in [0.4, 0.5) is 24.9 Å². The number of nitrogens with two attached hydrogens (primary N) is 1. The van der Waals surface area contributed by atoms with Crippen molar-refractivity contribution in [1.82, 2.24) is 19.7 Å². The van der Waals surface area contributed by atoms with Gasteiger partial charge in [-0.25, -0.2) is 22.8 Å². The standard InChI is InChI=1S/C25H19F3N6O/c26-16-6-4-5-15(13-16)22-21-23(29)34(20-14-17(27)9-10-19(20)28)33-24(21)32-25(31-22)30-11-12-35-18-7-2-1-3-8-18/h1-10,13-14H,11-12,29H2,(H,30,32,33). The molecule has 0 atom stereocenters. The van der Waals surface area contributed by atoms with E-state index in [1.807, 2.05) is 30.3 Å². The Kier molecular flexibility index (Phi) is 5.92. The van der Waals surface area contributed by atoms with Crippen molar-refractivity contribution in [3.63, 3.8) is 0 Å². The van der Waals surface area contributed by atoms with E-state index in [-0.39, 0.29) is 28.5 Å². The van der Waals surface area contributed by atoms with Gasteiger partial charge in [-0.05, 0) is 36.4 Å². The fourth-order valence-corrected chi connectivity index (χ4v) is 3.62. The normalized spacial score (nSPS) is 11.1. The van der Waals surface area contributed by atoms with Crippen LogP contribution in [0.5, 0.6) is 5.75 Å². The van der Waals surface area contributed by atoms with Gasteiger partial charge in [-0.2, -0.15) is 4.98 Å². The zero-order chi connectivity index (χ0) is 24.4. The lowest BCUT2D eigenvalue weighted by atomic mass is 10.1. The van der Waals surface area contributed by atoms with Crippen LogP contribution in [-0.2, 0) is 0 Å². The highest BCUT2D eigenvalue weighted by Crippen LogP contribution is 2.33. The van der Waals surface area contributed by atoms with Gasteiger partial charge in [0.05, 0.1) is 17.6 Å². The van der Waals surface area contributed by atoms with Gasteiger partial charge in [0.2, 0.25) is 5.95 Å². The maximum atomic E-state index is 14.5. The molecule has 2 heterocycles. The van der Waals surface area contributed by atoms with Gasteiger partial charge in [-0.15, -0.1) is 5.10 Å². The van der Waals surface area contributed by atoms with Crippen molar-refractivity contribution < 1.29 is 17.9 Å². The Morgan fingerprint density at radius 1 is 0.886 bits per heavy atom. The molecule has 7 nitrogen and oxygen atoms in total. The smallest absolute Gasteiger partial charge is 0.225 e. The summed E-state index contributed by atoms with van der Waals surface area (Å²) in [7, 11) is 0. The summed E-state index contributed by atoms with van der Waals surface area (Å²) in [6, 6.07) is 18.1. The van der Waals surface area contributed by atoms with E-state index < -0.39 is 17.5 Å². The first-order valence-corrected chi connectivity index (χ1v) is 10.7. The van der Waals surface area contributed by atoms with Crippen LogP contribution in [0.2, 0.25) is 0 Å². The number of hydrogen-bond donors (Lipinski definition) is 2. The van der Waals surface area contributed by atoms with Crippen molar-refractivity contribution >= 4 is 22.8 Å². The summed E-state index contributed by atoms with van der Waals surface area (Å²) >= 11 is 0. The molecule has 0 aliphatic carbocycles. The molecule has 35 heavy (non-hydrogen) atoms. The maximum absolute atomic E-state index is 14.5. The van der Waals surface area contributed by atoms with Crippen molar-refractivity contribution in [3.05, 3.63) is 90.2 Å². The molecule has 2 aromatic heterocycles. The fourth-order valence-electron chi connectivity index (χ4n) is 3.62. The van der Waals surface area contributed by atoms with Gasteiger partial charge in [0.25, 0.3) is 0 Å². The average molecular weight is 476 g/mol. The third-order valence-corrected chi connectivity index (χ3v) is 5.20. The molecular weight excluding hydrogens is 457 g/mol. The molecule has 0 amide bonds. The highest BCUT2D eigenvalue weighted by atomic mass is 19.1. The van der Waals surface area contributed by atoms with Gasteiger partial charge in [-0.3, -0.25) is 0 Å². The third kappa shape index (κ3) is 4.58. The summed E-state index contributed by atoms with van der Waals surface area (Å²) in [6.45, 7) is 0.684. The molecule has 0 saturated carbocycles. The van der Waals surface area contributed by atoms with Crippen LogP contribution < -0.4 is 15.8 Å². The molecule has 0 fully saturated rings. The number of fused-ring (bicyclic) bond motifs is 1. The maximum Gasteiger partial charge on any atom is 0.225 e. The van der Waals surface area contributed by atoms with Crippen molar-refractivity contribution in [2.24, 2.45) is 0 Å². The van der Waals surface area contributed by atoms with E-state index in [0.717, 1.165) is 28.6 Å². The van der Waals surface area contributed by atoms with Gasteiger partial charge >= 0.3 is 0 Å². The van der Waals surface area contributed by atoms with Crippen molar-refractivity contribution in [3.8, 4) is 22.7 Å². The topological polar surface area (TPSA) is 90.9 Å². The van der Waals surface area contributed by atoms with Crippen LogP contribution in [0.15, 0.2) is 72.8 Å². The fraction of sp³-hybridized carbons (Fsp3) is 0.0800. The SMILES string of the molecule is Nc1c2c(-c3cccc(F)c3)nc(NCCOc3ccccc3)nc2nn1-c1cc(F)ccc1F. The molecule has 0 radical (unpaired) electrons. The monoisotopic (exact) mass is 476 g/mol. The predicted octanol–water partition coefficient (Wildman–Crippen LogP) is 4.97. The molecule has 0 spiro atoms. The number of nitrogens with one attached hydrogen (secondary N) is 1. The number of nitrogen functional groups attached to an aromatic ring is 1. The molecule has 3 aromatic carbocycles. The van der Waals surface area contributed by atoms with Gasteiger partial charge in [0.15, 0.2) is 5.65 Å². The Morgan fingerprint density at radius 3 is 2.49 bits per heavy atom. The molecule has 5 rings (SSSR count). The quantitative estimate of drug-likeness (QED) is 0.322. The van der Waals surface area contributed by atoms with Crippen LogP contribution >= 0.6 is 0 Å². The second kappa shape index (κ2) is 9.34. The minimum Gasteiger partial charge on any atom is -0.492 e. The number of rotatable bonds is 7. The van der Waals surface area contributed by atoms with Crippen LogP contribution in [0.1, 0.15) is 0 Å².